The van der Waals surface area contributed by atoms with Gasteiger partial charge in [-0.3, -0.25) is 8.77 Å². The molecule has 0 bridgehead atoms. The van der Waals surface area contributed by atoms with Crippen LogP contribution in [0.5, 0.6) is 0 Å². The number of hydrogen-bond donors (Lipinski definition) is 0. The number of ether oxygens (including phenoxy) is 1. The normalized spacial score (nSPS) is 13.7. The van der Waals surface area contributed by atoms with Crippen LogP contribution in [0.15, 0.2) is 66.9 Å². The van der Waals surface area contributed by atoms with Crippen LogP contribution in [0.2, 0.25) is 0 Å². The van der Waals surface area contributed by atoms with Crippen LogP contribution in [-0.2, 0) is 14.3 Å². The second-order valence-electron chi connectivity index (χ2n) is 5.33. The van der Waals surface area contributed by atoms with Crippen molar-refractivity contribution in [3.05, 3.63) is 72.4 Å². The van der Waals surface area contributed by atoms with Crippen LogP contribution in [0, 0.1) is 0 Å². The van der Waals surface area contributed by atoms with Crippen molar-refractivity contribution in [3.8, 4) is 0 Å². The summed E-state index contributed by atoms with van der Waals surface area (Å²) in [5.41, 5.74) is 2.05. The first kappa shape index (κ1) is 15.7. The average Bonchev–Trinajstić information content (AvgIpc) is 3.02. The minimum Gasteiger partial charge on any atom is -0.468 e. The number of carbonyl (C=O) groups excluding carboxylic acids is 1. The van der Waals surface area contributed by atoms with Crippen molar-refractivity contribution in [1.82, 2.24) is 3.97 Å². The number of hydrogen-bond acceptors (Lipinski definition) is 3. The molecule has 0 spiro atoms. The van der Waals surface area contributed by atoms with E-state index >= 15 is 0 Å². The number of benzene rings is 2. The van der Waals surface area contributed by atoms with Crippen LogP contribution < -0.4 is 0 Å². The lowest BCUT2D eigenvalue weighted by Gasteiger charge is -2.30. The Balaban J connectivity index is 2.11. The van der Waals surface area contributed by atoms with Gasteiger partial charge in [0, 0.05) is 11.6 Å². The van der Waals surface area contributed by atoms with Crippen molar-refractivity contribution < 1.29 is 9.53 Å². The summed E-state index contributed by atoms with van der Waals surface area (Å²) >= 11 is 1.50. The first-order valence-electron chi connectivity index (χ1n) is 7.61. The Bertz CT molecular complexity index is 812. The maximum Gasteiger partial charge on any atom is 0.328 e. The van der Waals surface area contributed by atoms with Gasteiger partial charge < -0.3 is 4.74 Å². The number of esters is 1. The minimum absolute atomic E-state index is 0.228. The summed E-state index contributed by atoms with van der Waals surface area (Å²) in [6.07, 6.45) is 2.65. The van der Waals surface area contributed by atoms with Crippen LogP contribution in [-0.4, -0.2) is 17.1 Å². The number of carbonyl (C=O) groups is 1. The van der Waals surface area contributed by atoms with Crippen LogP contribution in [0.4, 0.5) is 0 Å². The lowest BCUT2D eigenvalue weighted by molar-refractivity contribution is -0.144. The van der Waals surface area contributed by atoms with E-state index in [1.54, 1.807) is 0 Å². The van der Waals surface area contributed by atoms with E-state index in [4.69, 9.17) is 4.74 Å². The van der Waals surface area contributed by atoms with E-state index < -0.39 is 4.75 Å². The molecule has 0 fully saturated rings. The Morgan fingerprint density at radius 1 is 1.09 bits per heavy atom. The second kappa shape index (κ2) is 6.50. The Kier molecular flexibility index (Phi) is 4.44. The molecule has 0 radical (unpaired) electrons. The molecule has 0 saturated heterocycles. The molecule has 0 aliphatic rings. The summed E-state index contributed by atoms with van der Waals surface area (Å²) in [6.45, 7) is 2.02. The third kappa shape index (κ3) is 2.75. The van der Waals surface area contributed by atoms with Gasteiger partial charge in [-0.2, -0.15) is 0 Å². The molecule has 23 heavy (non-hydrogen) atoms. The van der Waals surface area contributed by atoms with Gasteiger partial charge in [0.2, 0.25) is 0 Å². The van der Waals surface area contributed by atoms with Crippen LogP contribution >= 0.6 is 11.9 Å². The fourth-order valence-electron chi connectivity index (χ4n) is 2.80. The van der Waals surface area contributed by atoms with Crippen LogP contribution in [0.3, 0.4) is 0 Å². The van der Waals surface area contributed by atoms with Gasteiger partial charge in [0.1, 0.15) is 0 Å². The molecule has 0 saturated carbocycles. The van der Waals surface area contributed by atoms with E-state index in [1.165, 1.54) is 19.1 Å². The summed E-state index contributed by atoms with van der Waals surface area (Å²) in [7, 11) is 1.45. The molecule has 118 valence electrons. The molecule has 0 N–H and O–H groups in total. The zero-order valence-corrected chi connectivity index (χ0v) is 14.0. The Hall–Kier alpha value is -2.20. The predicted octanol–water partition coefficient (Wildman–Crippen LogP) is 4.62. The summed E-state index contributed by atoms with van der Waals surface area (Å²) in [6, 6.07) is 20.1. The molecule has 1 unspecified atom stereocenters. The standard InChI is InChI=1S/C19H19NO2S/c1-3-19(18(21)22-2,16-10-5-4-6-11-16)23-20-14-13-15-9-7-8-12-17(15)20/h4-14H,3H2,1-2H3. The van der Waals surface area contributed by atoms with Gasteiger partial charge in [0.15, 0.2) is 4.75 Å². The topological polar surface area (TPSA) is 31.2 Å². The highest BCUT2D eigenvalue weighted by molar-refractivity contribution is 7.99. The van der Waals surface area contributed by atoms with E-state index in [9.17, 15) is 4.79 Å². The highest BCUT2D eigenvalue weighted by atomic mass is 32.2. The zero-order valence-electron chi connectivity index (χ0n) is 13.2. The number of nitrogens with zero attached hydrogens (tertiary/aromatic N) is 1. The molecule has 4 heteroatoms. The molecule has 3 rings (SSSR count). The zero-order chi connectivity index (χ0) is 16.3. The second-order valence-corrected chi connectivity index (χ2v) is 6.60. The number of para-hydroxylation sites is 1. The summed E-state index contributed by atoms with van der Waals surface area (Å²) in [4.78, 5) is 12.7. The lowest BCUT2D eigenvalue weighted by atomic mass is 9.95. The molecule has 3 nitrogen and oxygen atoms in total. The Morgan fingerprint density at radius 3 is 2.48 bits per heavy atom. The average molecular weight is 325 g/mol. The van der Waals surface area contributed by atoms with Gasteiger partial charge in [-0.1, -0.05) is 55.5 Å². The molecule has 1 atom stereocenters. The van der Waals surface area contributed by atoms with Gasteiger partial charge in [-0.15, -0.1) is 0 Å². The van der Waals surface area contributed by atoms with Crippen molar-refractivity contribution in [2.24, 2.45) is 0 Å². The highest BCUT2D eigenvalue weighted by Crippen LogP contribution is 2.43. The maximum absolute atomic E-state index is 12.7. The third-order valence-electron chi connectivity index (χ3n) is 4.07. The van der Waals surface area contributed by atoms with Crippen molar-refractivity contribution in [3.63, 3.8) is 0 Å². The highest BCUT2D eigenvalue weighted by Gasteiger charge is 2.41. The number of rotatable bonds is 5. The fraction of sp³-hybridized carbons (Fsp3) is 0.211. The minimum atomic E-state index is -0.766. The molecule has 1 heterocycles. The van der Waals surface area contributed by atoms with E-state index in [0.717, 1.165) is 16.5 Å². The number of aromatic nitrogens is 1. The maximum atomic E-state index is 12.7. The lowest BCUT2D eigenvalue weighted by Crippen LogP contribution is -2.34. The molecule has 1 aromatic heterocycles. The van der Waals surface area contributed by atoms with Crippen molar-refractivity contribution in [2.45, 2.75) is 18.1 Å². The number of methoxy groups -OCH3 is 1. The summed E-state index contributed by atoms with van der Waals surface area (Å²) in [5.74, 6) is -0.228. The number of fused-ring (bicyclic) bond motifs is 1. The van der Waals surface area contributed by atoms with Gasteiger partial charge in [-0.05, 0) is 36.1 Å². The van der Waals surface area contributed by atoms with E-state index in [1.807, 2.05) is 55.6 Å². The fourth-order valence-corrected chi connectivity index (χ4v) is 4.05. The first-order chi connectivity index (χ1) is 11.2. The SMILES string of the molecule is CCC(Sn1ccc2ccccc21)(C(=O)OC)c1ccccc1. The molecular weight excluding hydrogens is 306 g/mol. The summed E-state index contributed by atoms with van der Waals surface area (Å²) in [5, 5.41) is 1.16. The Morgan fingerprint density at radius 2 is 1.78 bits per heavy atom. The molecule has 0 aliphatic heterocycles. The van der Waals surface area contributed by atoms with E-state index in [0.29, 0.717) is 6.42 Å². The van der Waals surface area contributed by atoms with E-state index in [2.05, 4.69) is 22.2 Å². The summed E-state index contributed by atoms with van der Waals surface area (Å²) < 4.78 is 6.44. The smallest absolute Gasteiger partial charge is 0.328 e. The van der Waals surface area contributed by atoms with Gasteiger partial charge in [0.05, 0.1) is 12.6 Å². The van der Waals surface area contributed by atoms with Crippen molar-refractivity contribution in [1.29, 1.82) is 0 Å². The molecular formula is C19H19NO2S. The van der Waals surface area contributed by atoms with E-state index in [-0.39, 0.29) is 5.97 Å². The van der Waals surface area contributed by atoms with Gasteiger partial charge in [-0.25, -0.2) is 0 Å². The largest absolute Gasteiger partial charge is 0.468 e. The van der Waals surface area contributed by atoms with Gasteiger partial charge >= 0.3 is 5.97 Å². The first-order valence-corrected chi connectivity index (χ1v) is 8.38. The van der Waals surface area contributed by atoms with Crippen molar-refractivity contribution >= 4 is 28.8 Å². The third-order valence-corrected chi connectivity index (χ3v) is 5.59. The van der Waals surface area contributed by atoms with Gasteiger partial charge in [0.25, 0.3) is 0 Å². The predicted molar refractivity (Wildman–Crippen MR) is 95.4 cm³/mol. The van der Waals surface area contributed by atoms with Crippen LogP contribution in [0.25, 0.3) is 10.9 Å². The Labute approximate surface area is 140 Å². The molecule has 2 aromatic carbocycles. The monoisotopic (exact) mass is 325 g/mol. The van der Waals surface area contributed by atoms with Crippen molar-refractivity contribution in [2.75, 3.05) is 7.11 Å². The molecule has 0 aliphatic carbocycles. The van der Waals surface area contributed by atoms with Crippen LogP contribution in [0.1, 0.15) is 18.9 Å². The quantitative estimate of drug-likeness (QED) is 0.642. The molecule has 0 amide bonds. The molecule has 3 aromatic rings.